The molecule has 0 fully saturated rings. The van der Waals surface area contributed by atoms with Gasteiger partial charge in [0.05, 0.1) is 5.41 Å². The van der Waals surface area contributed by atoms with Crippen LogP contribution in [0.2, 0.25) is 0 Å². The molecule has 3 heteroatoms. The molecule has 1 aromatic rings. The van der Waals surface area contributed by atoms with Crippen molar-refractivity contribution in [1.29, 1.82) is 0 Å². The van der Waals surface area contributed by atoms with E-state index in [0.717, 1.165) is 5.56 Å². The first-order chi connectivity index (χ1) is 7.73. The van der Waals surface area contributed by atoms with Crippen molar-refractivity contribution in [3.63, 3.8) is 0 Å². The monoisotopic (exact) mass is 236 g/mol. The number of hydrogen-bond donors (Lipinski definition) is 0. The minimum atomic E-state index is -0.716. The smallest absolute Gasteiger partial charge is 0.297 e. The average Bonchev–Trinajstić information content (AvgIpc) is 2.26. The molecule has 0 aromatic heterocycles. The standard InChI is InChI=1S/C14H20O3/c1-13(2,3)17-16-12(15)14(4,5)11-9-7-6-8-10-11/h6-10H,1-5H3. The fourth-order valence-corrected chi connectivity index (χ4v) is 1.24. The molecule has 0 aliphatic rings. The Kier molecular flexibility index (Phi) is 3.94. The van der Waals surface area contributed by atoms with E-state index in [1.807, 2.05) is 65.0 Å². The van der Waals surface area contributed by atoms with Gasteiger partial charge in [-0.2, -0.15) is 4.89 Å². The molecule has 3 nitrogen and oxygen atoms in total. The van der Waals surface area contributed by atoms with Crippen molar-refractivity contribution in [2.75, 3.05) is 0 Å². The second kappa shape index (κ2) is 4.88. The van der Waals surface area contributed by atoms with E-state index in [0.29, 0.717) is 0 Å². The molecule has 0 heterocycles. The summed E-state index contributed by atoms with van der Waals surface area (Å²) in [7, 11) is 0. The fraction of sp³-hybridized carbons (Fsp3) is 0.500. The molecule has 94 valence electrons. The van der Waals surface area contributed by atoms with Gasteiger partial charge < -0.3 is 0 Å². The Bertz CT molecular complexity index is 374. The van der Waals surface area contributed by atoms with Gasteiger partial charge in [0.15, 0.2) is 0 Å². The molecule has 0 amide bonds. The van der Waals surface area contributed by atoms with Gasteiger partial charge in [0, 0.05) is 0 Å². The minimum Gasteiger partial charge on any atom is -0.297 e. The van der Waals surface area contributed by atoms with Crippen LogP contribution in [0.25, 0.3) is 0 Å². The van der Waals surface area contributed by atoms with E-state index in [-0.39, 0.29) is 0 Å². The van der Waals surface area contributed by atoms with Crippen LogP contribution in [0.15, 0.2) is 30.3 Å². The van der Waals surface area contributed by atoms with Crippen LogP contribution in [0.3, 0.4) is 0 Å². The topological polar surface area (TPSA) is 35.5 Å². The Labute approximate surface area is 103 Å². The predicted octanol–water partition coefficient (Wildman–Crippen LogP) is 3.24. The lowest BCUT2D eigenvalue weighted by Gasteiger charge is -2.24. The van der Waals surface area contributed by atoms with Gasteiger partial charge in [-0.05, 0) is 40.2 Å². The molecule has 0 unspecified atom stereocenters. The predicted molar refractivity (Wildman–Crippen MR) is 66.4 cm³/mol. The summed E-state index contributed by atoms with van der Waals surface area (Å²) in [5.74, 6) is -0.390. The highest BCUT2D eigenvalue weighted by Crippen LogP contribution is 2.25. The zero-order valence-corrected chi connectivity index (χ0v) is 11.1. The molecule has 0 saturated carbocycles. The van der Waals surface area contributed by atoms with Crippen LogP contribution >= 0.6 is 0 Å². The van der Waals surface area contributed by atoms with E-state index >= 15 is 0 Å². The summed E-state index contributed by atoms with van der Waals surface area (Å²) in [5, 5.41) is 0. The molecule has 0 saturated heterocycles. The van der Waals surface area contributed by atoms with Crippen molar-refractivity contribution in [2.24, 2.45) is 0 Å². The molecule has 0 radical (unpaired) electrons. The number of carbonyl (C=O) groups is 1. The van der Waals surface area contributed by atoms with Crippen LogP contribution in [-0.4, -0.2) is 11.6 Å². The van der Waals surface area contributed by atoms with Crippen LogP contribution < -0.4 is 0 Å². The quantitative estimate of drug-likeness (QED) is 0.597. The third-order valence-electron chi connectivity index (χ3n) is 2.37. The summed E-state index contributed by atoms with van der Waals surface area (Å²) in [6, 6.07) is 9.51. The van der Waals surface area contributed by atoms with Gasteiger partial charge >= 0.3 is 5.97 Å². The van der Waals surface area contributed by atoms with Crippen molar-refractivity contribution in [2.45, 2.75) is 45.6 Å². The summed E-state index contributed by atoms with van der Waals surface area (Å²) in [5.41, 5.74) is -0.308. The summed E-state index contributed by atoms with van der Waals surface area (Å²) in [6.45, 7) is 9.12. The molecule has 0 aliphatic carbocycles. The Morgan fingerprint density at radius 2 is 1.53 bits per heavy atom. The first kappa shape index (κ1) is 13.7. The SMILES string of the molecule is CC(C)(C)OOC(=O)C(C)(C)c1ccccc1. The lowest BCUT2D eigenvalue weighted by molar-refractivity contribution is -0.323. The van der Waals surface area contributed by atoms with Gasteiger partial charge in [-0.25, -0.2) is 4.79 Å². The Morgan fingerprint density at radius 1 is 1.00 bits per heavy atom. The van der Waals surface area contributed by atoms with Crippen molar-refractivity contribution in [1.82, 2.24) is 0 Å². The number of hydrogen-bond acceptors (Lipinski definition) is 3. The van der Waals surface area contributed by atoms with Gasteiger partial charge in [0.25, 0.3) is 0 Å². The minimum absolute atomic E-state index is 0.390. The zero-order valence-electron chi connectivity index (χ0n) is 11.1. The second-order valence-electron chi connectivity index (χ2n) is 5.56. The molecule has 0 spiro atoms. The lowest BCUT2D eigenvalue weighted by Crippen LogP contribution is -2.33. The van der Waals surface area contributed by atoms with Crippen molar-refractivity contribution >= 4 is 5.97 Å². The van der Waals surface area contributed by atoms with Crippen LogP contribution in [0.4, 0.5) is 0 Å². The first-order valence-electron chi connectivity index (χ1n) is 5.69. The van der Waals surface area contributed by atoms with E-state index in [1.165, 1.54) is 0 Å². The van der Waals surface area contributed by atoms with Crippen molar-refractivity contribution in [3.05, 3.63) is 35.9 Å². The van der Waals surface area contributed by atoms with Crippen LogP contribution in [0.1, 0.15) is 40.2 Å². The van der Waals surface area contributed by atoms with Gasteiger partial charge in [-0.3, -0.25) is 4.89 Å². The highest BCUT2D eigenvalue weighted by Gasteiger charge is 2.33. The molecule has 0 aliphatic heterocycles. The Morgan fingerprint density at radius 3 is 2.00 bits per heavy atom. The van der Waals surface area contributed by atoms with E-state index in [2.05, 4.69) is 0 Å². The van der Waals surface area contributed by atoms with E-state index < -0.39 is 17.0 Å². The van der Waals surface area contributed by atoms with Gasteiger partial charge in [-0.15, -0.1) is 0 Å². The maximum absolute atomic E-state index is 12.0. The highest BCUT2D eigenvalue weighted by atomic mass is 17.2. The van der Waals surface area contributed by atoms with Crippen LogP contribution in [0.5, 0.6) is 0 Å². The molecule has 0 N–H and O–H groups in total. The molecule has 0 atom stereocenters. The van der Waals surface area contributed by atoms with Gasteiger partial charge in [0.2, 0.25) is 0 Å². The molecule has 1 rings (SSSR count). The maximum atomic E-state index is 12.0. The van der Waals surface area contributed by atoms with E-state index in [9.17, 15) is 4.79 Å². The second-order valence-corrected chi connectivity index (χ2v) is 5.56. The molecule has 0 bridgehead atoms. The largest absolute Gasteiger partial charge is 0.352 e. The molecular weight excluding hydrogens is 216 g/mol. The van der Waals surface area contributed by atoms with Crippen LogP contribution in [-0.2, 0) is 20.0 Å². The number of benzene rings is 1. The normalized spacial score (nSPS) is 12.3. The summed E-state index contributed by atoms with van der Waals surface area (Å²) in [6.07, 6.45) is 0. The van der Waals surface area contributed by atoms with E-state index in [4.69, 9.17) is 9.78 Å². The highest BCUT2D eigenvalue weighted by molar-refractivity contribution is 5.81. The third kappa shape index (κ3) is 3.86. The first-order valence-corrected chi connectivity index (χ1v) is 5.69. The maximum Gasteiger partial charge on any atom is 0.352 e. The molecule has 17 heavy (non-hydrogen) atoms. The van der Waals surface area contributed by atoms with Gasteiger partial charge in [0.1, 0.15) is 5.60 Å². The van der Waals surface area contributed by atoms with E-state index in [1.54, 1.807) is 0 Å². The van der Waals surface area contributed by atoms with Crippen molar-refractivity contribution < 1.29 is 14.6 Å². The number of carbonyl (C=O) groups excluding carboxylic acids is 1. The summed E-state index contributed by atoms with van der Waals surface area (Å²) >= 11 is 0. The Hall–Kier alpha value is -1.35. The summed E-state index contributed by atoms with van der Waals surface area (Å²) < 4.78 is 0. The zero-order chi connectivity index (χ0) is 13.1. The van der Waals surface area contributed by atoms with Gasteiger partial charge in [-0.1, -0.05) is 30.3 Å². The average molecular weight is 236 g/mol. The Balaban J connectivity index is 2.74. The lowest BCUT2D eigenvalue weighted by atomic mass is 9.85. The van der Waals surface area contributed by atoms with Crippen molar-refractivity contribution in [3.8, 4) is 0 Å². The summed E-state index contributed by atoms with van der Waals surface area (Å²) in [4.78, 5) is 21.9. The molecule has 1 aromatic carbocycles. The van der Waals surface area contributed by atoms with Crippen LogP contribution in [0, 0.1) is 0 Å². The fourth-order valence-electron chi connectivity index (χ4n) is 1.24. The number of rotatable bonds is 3. The third-order valence-corrected chi connectivity index (χ3v) is 2.37. The molecular formula is C14H20O3.